The zero-order chi connectivity index (χ0) is 12.6. The maximum Gasteiger partial charge on any atom is 0.00684 e. The first-order valence-corrected chi connectivity index (χ1v) is 7.93. The van der Waals surface area contributed by atoms with Gasteiger partial charge in [0.05, 0.1) is 0 Å². The van der Waals surface area contributed by atoms with Crippen molar-refractivity contribution < 1.29 is 0 Å². The third-order valence-electron chi connectivity index (χ3n) is 4.13. The second-order valence-electron chi connectivity index (χ2n) is 6.38. The van der Waals surface area contributed by atoms with Gasteiger partial charge in [-0.25, -0.2) is 0 Å². The highest BCUT2D eigenvalue weighted by molar-refractivity contribution is 4.85. The summed E-state index contributed by atoms with van der Waals surface area (Å²) in [6.45, 7) is 8.36. The lowest BCUT2D eigenvalue weighted by Crippen LogP contribution is -2.33. The van der Waals surface area contributed by atoms with Gasteiger partial charge in [0.15, 0.2) is 0 Å². The van der Waals surface area contributed by atoms with Gasteiger partial charge in [0.25, 0.3) is 0 Å². The molecule has 0 spiro atoms. The number of hydrogen-bond acceptors (Lipinski definition) is 1. The highest BCUT2D eigenvalue weighted by atomic mass is 15.0. The minimum atomic E-state index is 0.559. The Kier molecular flexibility index (Phi) is 7.18. The Morgan fingerprint density at radius 2 is 1.65 bits per heavy atom. The summed E-state index contributed by atoms with van der Waals surface area (Å²) < 4.78 is 0. The van der Waals surface area contributed by atoms with E-state index in [1.807, 2.05) is 0 Å². The smallest absolute Gasteiger partial charge is 0.00684 e. The molecule has 1 fully saturated rings. The van der Waals surface area contributed by atoms with Crippen molar-refractivity contribution in [3.63, 3.8) is 0 Å². The van der Waals surface area contributed by atoms with Crippen LogP contribution >= 0.6 is 0 Å². The average molecular weight is 239 g/mol. The van der Waals surface area contributed by atoms with E-state index in [0.717, 1.165) is 6.04 Å². The van der Waals surface area contributed by atoms with E-state index < -0.39 is 0 Å². The van der Waals surface area contributed by atoms with Crippen LogP contribution in [0.3, 0.4) is 0 Å². The molecule has 1 unspecified atom stereocenters. The summed E-state index contributed by atoms with van der Waals surface area (Å²) in [6, 6.07) is 0.867. The Morgan fingerprint density at radius 1 is 0.941 bits per heavy atom. The van der Waals surface area contributed by atoms with Crippen LogP contribution in [0.25, 0.3) is 0 Å². The van der Waals surface area contributed by atoms with Crippen LogP contribution in [-0.4, -0.2) is 12.6 Å². The fourth-order valence-electron chi connectivity index (χ4n) is 2.74. The van der Waals surface area contributed by atoms with Crippen molar-refractivity contribution in [2.24, 2.45) is 5.41 Å². The van der Waals surface area contributed by atoms with Crippen molar-refractivity contribution in [1.82, 2.24) is 5.32 Å². The molecule has 1 saturated carbocycles. The zero-order valence-corrected chi connectivity index (χ0v) is 12.4. The fourth-order valence-corrected chi connectivity index (χ4v) is 2.74. The molecule has 0 aromatic rings. The summed E-state index contributed by atoms with van der Waals surface area (Å²) in [4.78, 5) is 0. The molecule has 17 heavy (non-hydrogen) atoms. The molecule has 1 aliphatic rings. The van der Waals surface area contributed by atoms with Crippen molar-refractivity contribution >= 4 is 0 Å². The van der Waals surface area contributed by atoms with E-state index in [9.17, 15) is 0 Å². The molecule has 1 nitrogen and oxygen atoms in total. The molecule has 0 bridgehead atoms. The molecule has 0 aromatic heterocycles. The van der Waals surface area contributed by atoms with Gasteiger partial charge in [0.1, 0.15) is 0 Å². The molecule has 0 radical (unpaired) electrons. The number of unbranched alkanes of at least 4 members (excludes halogenated alkanes) is 4. The lowest BCUT2D eigenvalue weighted by molar-refractivity contribution is 0.245. The van der Waals surface area contributed by atoms with Gasteiger partial charge in [0, 0.05) is 12.6 Å². The normalized spacial score (nSPS) is 19.2. The summed E-state index contributed by atoms with van der Waals surface area (Å²) in [5, 5.41) is 3.73. The predicted molar refractivity (Wildman–Crippen MR) is 77.4 cm³/mol. The lowest BCUT2D eigenvalue weighted by Gasteiger charge is -2.30. The number of hydrogen-bond donors (Lipinski definition) is 1. The van der Waals surface area contributed by atoms with Crippen LogP contribution < -0.4 is 5.32 Å². The van der Waals surface area contributed by atoms with Crippen molar-refractivity contribution in [3.05, 3.63) is 0 Å². The van der Waals surface area contributed by atoms with Gasteiger partial charge in [-0.3, -0.25) is 0 Å². The third-order valence-corrected chi connectivity index (χ3v) is 4.13. The Morgan fingerprint density at radius 3 is 2.24 bits per heavy atom. The molecule has 1 aliphatic carbocycles. The highest BCUT2D eigenvalue weighted by Gasteiger charge is 2.27. The van der Waals surface area contributed by atoms with Gasteiger partial charge in [-0.05, 0) is 31.1 Å². The summed E-state index contributed by atoms with van der Waals surface area (Å²) >= 11 is 0. The molecule has 102 valence electrons. The van der Waals surface area contributed by atoms with Gasteiger partial charge in [-0.15, -0.1) is 0 Å². The average Bonchev–Trinajstić information content (AvgIpc) is 3.11. The van der Waals surface area contributed by atoms with E-state index in [2.05, 4.69) is 26.1 Å². The fraction of sp³-hybridized carbons (Fsp3) is 1.00. The van der Waals surface area contributed by atoms with Crippen molar-refractivity contribution in [1.29, 1.82) is 0 Å². The third kappa shape index (κ3) is 7.08. The maximum absolute atomic E-state index is 3.73. The van der Waals surface area contributed by atoms with Gasteiger partial charge in [0.2, 0.25) is 0 Å². The summed E-state index contributed by atoms with van der Waals surface area (Å²) in [5.41, 5.74) is 0.559. The second kappa shape index (κ2) is 8.13. The minimum absolute atomic E-state index is 0.559. The zero-order valence-electron chi connectivity index (χ0n) is 12.4. The summed E-state index contributed by atoms with van der Waals surface area (Å²) in [5.74, 6) is 0. The van der Waals surface area contributed by atoms with Crippen molar-refractivity contribution in [3.8, 4) is 0 Å². The van der Waals surface area contributed by atoms with E-state index in [0.29, 0.717) is 5.41 Å². The first kappa shape index (κ1) is 15.0. The SMILES string of the molecule is CCCCCCCC(C)(CCC)CNC1CC1. The van der Waals surface area contributed by atoms with Crippen LogP contribution in [0.5, 0.6) is 0 Å². The molecule has 0 heterocycles. The molecular formula is C16H33N. The predicted octanol–water partition coefficient (Wildman–Crippen LogP) is 4.91. The van der Waals surface area contributed by atoms with Crippen LogP contribution in [0.15, 0.2) is 0 Å². The summed E-state index contributed by atoms with van der Waals surface area (Å²) in [7, 11) is 0. The minimum Gasteiger partial charge on any atom is -0.313 e. The van der Waals surface area contributed by atoms with E-state index in [4.69, 9.17) is 0 Å². The highest BCUT2D eigenvalue weighted by Crippen LogP contribution is 2.31. The van der Waals surface area contributed by atoms with E-state index in [-0.39, 0.29) is 0 Å². The molecule has 1 atom stereocenters. The van der Waals surface area contributed by atoms with Gasteiger partial charge < -0.3 is 5.32 Å². The monoisotopic (exact) mass is 239 g/mol. The van der Waals surface area contributed by atoms with Crippen molar-refractivity contribution in [2.75, 3.05) is 6.54 Å². The van der Waals surface area contributed by atoms with Crippen LogP contribution in [0, 0.1) is 5.41 Å². The van der Waals surface area contributed by atoms with E-state index >= 15 is 0 Å². The molecular weight excluding hydrogens is 206 g/mol. The standard InChI is InChI=1S/C16H33N/c1-4-6-7-8-9-13-16(3,12-5-2)14-17-15-10-11-15/h15,17H,4-14H2,1-3H3. The Bertz CT molecular complexity index is 186. The van der Waals surface area contributed by atoms with Gasteiger partial charge in [-0.1, -0.05) is 59.3 Å². The molecule has 0 amide bonds. The van der Waals surface area contributed by atoms with E-state index in [1.165, 1.54) is 70.8 Å². The lowest BCUT2D eigenvalue weighted by atomic mass is 9.80. The van der Waals surface area contributed by atoms with Crippen LogP contribution in [0.1, 0.15) is 85.0 Å². The van der Waals surface area contributed by atoms with Crippen molar-refractivity contribution in [2.45, 2.75) is 91.0 Å². The maximum atomic E-state index is 3.73. The largest absolute Gasteiger partial charge is 0.313 e. The molecule has 0 saturated heterocycles. The Labute approximate surface area is 109 Å². The number of rotatable bonds is 11. The quantitative estimate of drug-likeness (QED) is 0.505. The second-order valence-corrected chi connectivity index (χ2v) is 6.38. The molecule has 1 N–H and O–H groups in total. The van der Waals surface area contributed by atoms with Gasteiger partial charge in [-0.2, -0.15) is 0 Å². The first-order chi connectivity index (χ1) is 8.20. The van der Waals surface area contributed by atoms with Gasteiger partial charge >= 0.3 is 0 Å². The topological polar surface area (TPSA) is 12.0 Å². The number of nitrogens with one attached hydrogen (secondary N) is 1. The molecule has 0 aliphatic heterocycles. The summed E-state index contributed by atoms with van der Waals surface area (Å²) in [6.07, 6.45) is 14.1. The molecule has 0 aromatic carbocycles. The Balaban J connectivity index is 2.14. The first-order valence-electron chi connectivity index (χ1n) is 7.93. The molecule has 1 rings (SSSR count). The van der Waals surface area contributed by atoms with Crippen LogP contribution in [0.4, 0.5) is 0 Å². The van der Waals surface area contributed by atoms with Crippen LogP contribution in [-0.2, 0) is 0 Å². The Hall–Kier alpha value is -0.0400. The van der Waals surface area contributed by atoms with E-state index in [1.54, 1.807) is 0 Å². The van der Waals surface area contributed by atoms with Crippen LogP contribution in [0.2, 0.25) is 0 Å². The molecule has 1 heteroatoms.